The van der Waals surface area contributed by atoms with Crippen molar-refractivity contribution in [3.05, 3.63) is 95.3 Å². The Bertz CT molecular complexity index is 977. The molecule has 162 valence electrons. The monoisotopic (exact) mass is 431 g/mol. The van der Waals surface area contributed by atoms with E-state index in [0.29, 0.717) is 12.0 Å². The first-order chi connectivity index (χ1) is 15.3. The summed E-state index contributed by atoms with van der Waals surface area (Å²) in [5, 5.41) is 0. The highest BCUT2D eigenvalue weighted by Gasteiger charge is 2.38. The minimum absolute atomic E-state index is 0.410. The van der Waals surface area contributed by atoms with Crippen LogP contribution in [0.5, 0.6) is 0 Å². The fraction of sp³-hybridized carbons (Fsp3) is 0.407. The van der Waals surface area contributed by atoms with Gasteiger partial charge in [-0.3, -0.25) is 4.90 Å². The van der Waals surface area contributed by atoms with Crippen molar-refractivity contribution >= 4 is 11.8 Å². The number of rotatable bonds is 6. The number of thioether (sulfide) groups is 1. The van der Waals surface area contributed by atoms with Gasteiger partial charge in [0, 0.05) is 69.1 Å². The first-order valence-electron chi connectivity index (χ1n) is 11.6. The summed E-state index contributed by atoms with van der Waals surface area (Å²) in [6, 6.07) is 25.1. The minimum Gasteiger partial charge on any atom is -0.353 e. The number of benzene rings is 2. The Labute approximate surface area is 191 Å². The molecule has 1 saturated heterocycles. The Balaban J connectivity index is 1.49. The summed E-state index contributed by atoms with van der Waals surface area (Å²) in [5.74, 6) is 3.03. The van der Waals surface area contributed by atoms with E-state index >= 15 is 0 Å². The minimum atomic E-state index is 0.410. The molecule has 31 heavy (non-hydrogen) atoms. The van der Waals surface area contributed by atoms with E-state index in [4.69, 9.17) is 0 Å². The van der Waals surface area contributed by atoms with E-state index in [1.165, 1.54) is 41.4 Å². The fourth-order valence-electron chi connectivity index (χ4n) is 5.35. The molecule has 3 aromatic rings. The van der Waals surface area contributed by atoms with Gasteiger partial charge in [-0.05, 0) is 35.2 Å². The van der Waals surface area contributed by atoms with Gasteiger partial charge in [-0.2, -0.15) is 11.8 Å². The second kappa shape index (κ2) is 9.64. The van der Waals surface area contributed by atoms with E-state index in [-0.39, 0.29) is 0 Å². The predicted octanol–water partition coefficient (Wildman–Crippen LogP) is 4.96. The van der Waals surface area contributed by atoms with E-state index in [1.807, 2.05) is 0 Å². The molecule has 0 unspecified atom stereocenters. The maximum absolute atomic E-state index is 2.74. The zero-order valence-electron chi connectivity index (χ0n) is 18.5. The van der Waals surface area contributed by atoms with Crippen molar-refractivity contribution < 1.29 is 0 Å². The van der Waals surface area contributed by atoms with Gasteiger partial charge in [0.25, 0.3) is 0 Å². The molecule has 2 aliphatic heterocycles. The summed E-state index contributed by atoms with van der Waals surface area (Å²) >= 11 is 2.10. The molecule has 4 heteroatoms. The van der Waals surface area contributed by atoms with Crippen LogP contribution in [-0.4, -0.2) is 52.1 Å². The molecule has 0 saturated carbocycles. The zero-order valence-corrected chi connectivity index (χ0v) is 19.3. The number of nitrogens with zero attached hydrogens (tertiary/aromatic N) is 3. The summed E-state index contributed by atoms with van der Waals surface area (Å²) in [5.41, 5.74) is 5.94. The Kier molecular flexibility index (Phi) is 6.49. The maximum Gasteiger partial charge on any atom is 0.0584 e. The summed E-state index contributed by atoms with van der Waals surface area (Å²) in [6.45, 7) is 5.70. The number of aryl methyl sites for hydroxylation is 1. The second-order valence-electron chi connectivity index (χ2n) is 8.91. The van der Waals surface area contributed by atoms with Crippen molar-refractivity contribution in [1.82, 2.24) is 14.4 Å². The average Bonchev–Trinajstić information content (AvgIpc) is 3.24. The lowest BCUT2D eigenvalue weighted by Crippen LogP contribution is -2.45. The van der Waals surface area contributed by atoms with E-state index in [1.54, 1.807) is 5.56 Å². The van der Waals surface area contributed by atoms with E-state index in [0.717, 1.165) is 26.1 Å². The number of hydrogen-bond acceptors (Lipinski definition) is 3. The highest BCUT2D eigenvalue weighted by Crippen LogP contribution is 2.43. The molecule has 2 atom stereocenters. The molecular weight excluding hydrogens is 398 g/mol. The fourth-order valence-corrected chi connectivity index (χ4v) is 6.33. The maximum atomic E-state index is 2.74. The quantitative estimate of drug-likeness (QED) is 0.547. The van der Waals surface area contributed by atoms with Crippen molar-refractivity contribution in [3.63, 3.8) is 0 Å². The summed E-state index contributed by atoms with van der Waals surface area (Å²) in [4.78, 5) is 5.45. The predicted molar refractivity (Wildman–Crippen MR) is 132 cm³/mol. The average molecular weight is 432 g/mol. The van der Waals surface area contributed by atoms with Gasteiger partial charge in [0.05, 0.1) is 6.04 Å². The Morgan fingerprint density at radius 2 is 1.68 bits per heavy atom. The molecule has 3 nitrogen and oxygen atoms in total. The molecule has 2 aromatic carbocycles. The molecule has 0 radical (unpaired) electrons. The van der Waals surface area contributed by atoms with Crippen molar-refractivity contribution in [2.45, 2.75) is 24.9 Å². The number of hydrogen-bond donors (Lipinski definition) is 0. The SMILES string of the molecule is Cn1cccc1[C@@H]1[C@@H](CN2CCSCC2)c2ccccc2CN1CCc1ccccc1. The third-order valence-electron chi connectivity index (χ3n) is 6.98. The first-order valence-corrected chi connectivity index (χ1v) is 12.7. The lowest BCUT2D eigenvalue weighted by Gasteiger charge is -2.45. The number of fused-ring (bicyclic) bond motifs is 1. The number of aromatic nitrogens is 1. The molecule has 0 bridgehead atoms. The molecule has 0 N–H and O–H groups in total. The molecule has 0 amide bonds. The smallest absolute Gasteiger partial charge is 0.0584 e. The first kappa shape index (κ1) is 20.9. The third kappa shape index (κ3) is 4.62. The van der Waals surface area contributed by atoms with Crippen LogP contribution in [0.4, 0.5) is 0 Å². The van der Waals surface area contributed by atoms with E-state index < -0.39 is 0 Å². The van der Waals surface area contributed by atoms with Crippen molar-refractivity contribution in [2.24, 2.45) is 7.05 Å². The van der Waals surface area contributed by atoms with E-state index in [2.05, 4.69) is 106 Å². The molecule has 1 fully saturated rings. The Hall–Kier alpha value is -2.01. The van der Waals surface area contributed by atoms with Crippen LogP contribution in [0.1, 0.15) is 34.3 Å². The summed E-state index contributed by atoms with van der Waals surface area (Å²) in [7, 11) is 2.21. The standard InChI is InChI=1S/C27H33N3S/c1-28-14-7-12-26(28)27-25(21-29-16-18-31-19-17-29)24-11-6-5-10-23(24)20-30(27)15-13-22-8-3-2-4-9-22/h2-12,14,25,27H,13,15-21H2,1H3/t25-,27-/m0/s1. The summed E-state index contributed by atoms with van der Waals surface area (Å²) in [6.07, 6.45) is 3.30. The van der Waals surface area contributed by atoms with Gasteiger partial charge in [0.2, 0.25) is 0 Å². The Morgan fingerprint density at radius 3 is 2.45 bits per heavy atom. The Morgan fingerprint density at radius 1 is 0.903 bits per heavy atom. The van der Waals surface area contributed by atoms with Crippen LogP contribution < -0.4 is 0 Å². The lowest BCUT2D eigenvalue weighted by atomic mass is 9.81. The van der Waals surface area contributed by atoms with Crippen molar-refractivity contribution in [2.75, 3.05) is 37.7 Å². The topological polar surface area (TPSA) is 11.4 Å². The highest BCUT2D eigenvalue weighted by molar-refractivity contribution is 7.99. The van der Waals surface area contributed by atoms with Gasteiger partial charge in [-0.15, -0.1) is 0 Å². The molecule has 5 rings (SSSR count). The molecule has 0 spiro atoms. The van der Waals surface area contributed by atoms with Crippen LogP contribution >= 0.6 is 11.8 Å². The third-order valence-corrected chi connectivity index (χ3v) is 7.92. The van der Waals surface area contributed by atoms with Crippen LogP contribution in [0, 0.1) is 0 Å². The second-order valence-corrected chi connectivity index (χ2v) is 10.1. The van der Waals surface area contributed by atoms with Crippen LogP contribution in [0.15, 0.2) is 72.9 Å². The van der Waals surface area contributed by atoms with Gasteiger partial charge in [-0.25, -0.2) is 0 Å². The van der Waals surface area contributed by atoms with Crippen LogP contribution in [0.3, 0.4) is 0 Å². The molecule has 0 aliphatic carbocycles. The molecule has 2 aliphatic rings. The normalized spacial score (nSPS) is 22.4. The van der Waals surface area contributed by atoms with Crippen LogP contribution in [0.25, 0.3) is 0 Å². The van der Waals surface area contributed by atoms with Gasteiger partial charge in [-0.1, -0.05) is 54.6 Å². The van der Waals surface area contributed by atoms with E-state index in [9.17, 15) is 0 Å². The molecular formula is C27H33N3S. The van der Waals surface area contributed by atoms with Crippen LogP contribution in [-0.2, 0) is 20.0 Å². The van der Waals surface area contributed by atoms with Crippen molar-refractivity contribution in [3.8, 4) is 0 Å². The van der Waals surface area contributed by atoms with Gasteiger partial charge in [0.1, 0.15) is 0 Å². The summed E-state index contributed by atoms with van der Waals surface area (Å²) < 4.78 is 2.34. The molecule has 3 heterocycles. The largest absolute Gasteiger partial charge is 0.353 e. The van der Waals surface area contributed by atoms with Gasteiger partial charge >= 0.3 is 0 Å². The zero-order chi connectivity index (χ0) is 21.0. The highest BCUT2D eigenvalue weighted by atomic mass is 32.2. The van der Waals surface area contributed by atoms with Crippen LogP contribution in [0.2, 0.25) is 0 Å². The lowest BCUT2D eigenvalue weighted by molar-refractivity contribution is 0.118. The van der Waals surface area contributed by atoms with Crippen molar-refractivity contribution in [1.29, 1.82) is 0 Å². The van der Waals surface area contributed by atoms with Gasteiger partial charge in [0.15, 0.2) is 0 Å². The van der Waals surface area contributed by atoms with Gasteiger partial charge < -0.3 is 9.47 Å². The molecule has 1 aromatic heterocycles.